The molecule has 0 radical (unpaired) electrons. The first-order valence-electron chi connectivity index (χ1n) is 7.50. The molecule has 1 aliphatic carbocycles. The fraction of sp³-hybridized carbons (Fsp3) is 0.438. The summed E-state index contributed by atoms with van der Waals surface area (Å²) in [4.78, 5) is 36.7. The number of rotatable bonds is 5. The first kappa shape index (κ1) is 14.6. The van der Waals surface area contributed by atoms with Crippen LogP contribution in [-0.4, -0.2) is 35.5 Å². The number of nitrogens with zero attached hydrogens (tertiary/aromatic N) is 1. The van der Waals surface area contributed by atoms with Crippen molar-refractivity contribution < 1.29 is 19.5 Å². The quantitative estimate of drug-likeness (QED) is 0.861. The summed E-state index contributed by atoms with van der Waals surface area (Å²) in [6.07, 6.45) is 3.09. The molecule has 2 aliphatic rings. The molecule has 116 valence electrons. The molecule has 2 N–H and O–H groups in total. The molecule has 1 saturated heterocycles. The van der Waals surface area contributed by atoms with Gasteiger partial charge in [-0.05, 0) is 49.4 Å². The standard InChI is InChI=1S/C16H18N2O4/c19-13-2-1-9-18(13)12-7-5-11(6-8-12)15(20)17-14(16(21)22)10-3-4-10/h5-8,10,14H,1-4,9H2,(H,17,20)(H,21,22). The first-order valence-corrected chi connectivity index (χ1v) is 7.50. The summed E-state index contributed by atoms with van der Waals surface area (Å²) < 4.78 is 0. The molecule has 2 fully saturated rings. The lowest BCUT2D eigenvalue weighted by Crippen LogP contribution is -2.42. The third kappa shape index (κ3) is 2.95. The van der Waals surface area contributed by atoms with Gasteiger partial charge in [-0.3, -0.25) is 9.59 Å². The molecule has 6 heteroatoms. The Bertz CT molecular complexity index is 607. The Morgan fingerprint density at radius 2 is 1.91 bits per heavy atom. The van der Waals surface area contributed by atoms with E-state index in [0.717, 1.165) is 24.9 Å². The van der Waals surface area contributed by atoms with E-state index in [1.807, 2.05) is 0 Å². The van der Waals surface area contributed by atoms with Crippen molar-refractivity contribution >= 4 is 23.5 Å². The van der Waals surface area contributed by atoms with Crippen LogP contribution < -0.4 is 10.2 Å². The van der Waals surface area contributed by atoms with Gasteiger partial charge in [0.1, 0.15) is 6.04 Å². The van der Waals surface area contributed by atoms with E-state index in [1.165, 1.54) is 0 Å². The second kappa shape index (κ2) is 5.79. The fourth-order valence-corrected chi connectivity index (χ4v) is 2.75. The third-order valence-corrected chi connectivity index (χ3v) is 4.16. The Morgan fingerprint density at radius 3 is 2.41 bits per heavy atom. The summed E-state index contributed by atoms with van der Waals surface area (Å²) in [5.74, 6) is -1.24. The molecule has 0 bridgehead atoms. The summed E-state index contributed by atoms with van der Waals surface area (Å²) >= 11 is 0. The Kier molecular flexibility index (Phi) is 3.83. The Morgan fingerprint density at radius 1 is 1.23 bits per heavy atom. The molecule has 6 nitrogen and oxygen atoms in total. The molecule has 3 rings (SSSR count). The Balaban J connectivity index is 1.68. The van der Waals surface area contributed by atoms with E-state index >= 15 is 0 Å². The van der Waals surface area contributed by atoms with Gasteiger partial charge in [0, 0.05) is 24.2 Å². The maximum atomic E-state index is 12.1. The maximum Gasteiger partial charge on any atom is 0.326 e. The molecule has 1 saturated carbocycles. The monoisotopic (exact) mass is 302 g/mol. The number of aliphatic carboxylic acids is 1. The van der Waals surface area contributed by atoms with Gasteiger partial charge in [0.15, 0.2) is 0 Å². The van der Waals surface area contributed by atoms with Crippen LogP contribution in [0.5, 0.6) is 0 Å². The predicted molar refractivity (Wildman–Crippen MR) is 79.6 cm³/mol. The number of carbonyl (C=O) groups is 3. The highest BCUT2D eigenvalue weighted by Gasteiger charge is 2.37. The molecule has 0 spiro atoms. The van der Waals surface area contributed by atoms with Gasteiger partial charge in [-0.1, -0.05) is 0 Å². The minimum absolute atomic E-state index is 0.0444. The predicted octanol–water partition coefficient (Wildman–Crippen LogP) is 1.41. The molecular weight excluding hydrogens is 284 g/mol. The van der Waals surface area contributed by atoms with E-state index in [1.54, 1.807) is 29.2 Å². The molecule has 1 atom stereocenters. The fourth-order valence-electron chi connectivity index (χ4n) is 2.75. The average molecular weight is 302 g/mol. The Labute approximate surface area is 128 Å². The number of anilines is 1. The molecule has 0 aromatic heterocycles. The van der Waals surface area contributed by atoms with Crippen LogP contribution in [0.15, 0.2) is 24.3 Å². The summed E-state index contributed by atoms with van der Waals surface area (Å²) in [7, 11) is 0. The highest BCUT2D eigenvalue weighted by Crippen LogP contribution is 2.33. The summed E-state index contributed by atoms with van der Waals surface area (Å²) in [5.41, 5.74) is 1.18. The van der Waals surface area contributed by atoms with Crippen LogP contribution in [0.4, 0.5) is 5.69 Å². The number of hydrogen-bond acceptors (Lipinski definition) is 3. The maximum absolute atomic E-state index is 12.1. The van der Waals surface area contributed by atoms with E-state index in [2.05, 4.69) is 5.32 Å². The number of hydrogen-bond donors (Lipinski definition) is 2. The van der Waals surface area contributed by atoms with E-state index in [0.29, 0.717) is 18.5 Å². The van der Waals surface area contributed by atoms with Crippen LogP contribution >= 0.6 is 0 Å². The van der Waals surface area contributed by atoms with E-state index in [9.17, 15) is 14.4 Å². The third-order valence-electron chi connectivity index (χ3n) is 4.16. The molecule has 1 aliphatic heterocycles. The van der Waals surface area contributed by atoms with Gasteiger partial charge < -0.3 is 15.3 Å². The molecule has 1 aromatic rings. The highest BCUT2D eigenvalue weighted by atomic mass is 16.4. The largest absolute Gasteiger partial charge is 0.480 e. The van der Waals surface area contributed by atoms with Crippen molar-refractivity contribution in [3.63, 3.8) is 0 Å². The highest BCUT2D eigenvalue weighted by molar-refractivity contribution is 5.98. The van der Waals surface area contributed by atoms with Crippen molar-refractivity contribution in [3.8, 4) is 0 Å². The van der Waals surface area contributed by atoms with Gasteiger partial charge in [-0.2, -0.15) is 0 Å². The van der Waals surface area contributed by atoms with Gasteiger partial charge in [0.25, 0.3) is 5.91 Å². The minimum Gasteiger partial charge on any atom is -0.480 e. The molecule has 2 amide bonds. The van der Waals surface area contributed by atoms with Crippen molar-refractivity contribution in [1.82, 2.24) is 5.32 Å². The van der Waals surface area contributed by atoms with Gasteiger partial charge in [0.05, 0.1) is 0 Å². The van der Waals surface area contributed by atoms with Crippen molar-refractivity contribution in [3.05, 3.63) is 29.8 Å². The average Bonchev–Trinajstić information content (AvgIpc) is 3.25. The SMILES string of the molecule is O=C(NC(C(=O)O)C1CC1)c1ccc(N2CCCC2=O)cc1. The van der Waals surface area contributed by atoms with E-state index < -0.39 is 17.9 Å². The Hall–Kier alpha value is -2.37. The minimum atomic E-state index is -0.991. The lowest BCUT2D eigenvalue weighted by Gasteiger charge is -2.17. The second-order valence-electron chi connectivity index (χ2n) is 5.82. The number of amides is 2. The van der Waals surface area contributed by atoms with E-state index in [-0.39, 0.29) is 11.8 Å². The topological polar surface area (TPSA) is 86.7 Å². The number of carbonyl (C=O) groups excluding carboxylic acids is 2. The number of carboxylic acids is 1. The molecule has 1 aromatic carbocycles. The first-order chi connectivity index (χ1) is 10.6. The van der Waals surface area contributed by atoms with Gasteiger partial charge in [-0.25, -0.2) is 4.79 Å². The van der Waals surface area contributed by atoms with Crippen LogP contribution in [0, 0.1) is 5.92 Å². The van der Waals surface area contributed by atoms with Gasteiger partial charge in [0.2, 0.25) is 5.91 Å². The molecular formula is C16H18N2O4. The molecule has 1 unspecified atom stereocenters. The van der Waals surface area contributed by atoms with Crippen molar-refractivity contribution in [2.24, 2.45) is 5.92 Å². The van der Waals surface area contributed by atoms with Crippen molar-refractivity contribution in [2.75, 3.05) is 11.4 Å². The normalized spacial score (nSPS) is 19.1. The molecule has 22 heavy (non-hydrogen) atoms. The summed E-state index contributed by atoms with van der Waals surface area (Å²) in [6.45, 7) is 0.702. The van der Waals surface area contributed by atoms with Gasteiger partial charge in [-0.15, -0.1) is 0 Å². The second-order valence-corrected chi connectivity index (χ2v) is 5.82. The van der Waals surface area contributed by atoms with Crippen LogP contribution in [0.2, 0.25) is 0 Å². The number of benzene rings is 1. The zero-order valence-corrected chi connectivity index (χ0v) is 12.1. The van der Waals surface area contributed by atoms with Crippen molar-refractivity contribution in [2.45, 2.75) is 31.7 Å². The lowest BCUT2D eigenvalue weighted by molar-refractivity contribution is -0.139. The lowest BCUT2D eigenvalue weighted by atomic mass is 10.1. The number of nitrogens with one attached hydrogen (secondary N) is 1. The van der Waals surface area contributed by atoms with Gasteiger partial charge >= 0.3 is 5.97 Å². The zero-order chi connectivity index (χ0) is 15.7. The van der Waals surface area contributed by atoms with Crippen LogP contribution in [0.1, 0.15) is 36.0 Å². The number of carboxylic acid groups (broad SMARTS) is 1. The molecule has 1 heterocycles. The van der Waals surface area contributed by atoms with Crippen LogP contribution in [0.3, 0.4) is 0 Å². The van der Waals surface area contributed by atoms with E-state index in [4.69, 9.17) is 5.11 Å². The summed E-state index contributed by atoms with van der Waals surface area (Å²) in [6, 6.07) is 5.90. The zero-order valence-electron chi connectivity index (χ0n) is 12.1. The van der Waals surface area contributed by atoms with Crippen molar-refractivity contribution in [1.29, 1.82) is 0 Å². The van der Waals surface area contributed by atoms with Crippen LogP contribution in [-0.2, 0) is 9.59 Å². The summed E-state index contributed by atoms with van der Waals surface area (Å²) in [5, 5.41) is 11.7. The smallest absolute Gasteiger partial charge is 0.326 e. The van der Waals surface area contributed by atoms with Crippen LogP contribution in [0.25, 0.3) is 0 Å².